The smallest absolute Gasteiger partial charge is 0.256 e. The number of rotatable bonds is 3. The summed E-state index contributed by atoms with van der Waals surface area (Å²) < 4.78 is 1.54. The molecule has 0 saturated heterocycles. The molecule has 0 aliphatic heterocycles. The number of para-hydroxylation sites is 1. The summed E-state index contributed by atoms with van der Waals surface area (Å²) in [4.78, 5) is 12.6. The first-order chi connectivity index (χ1) is 9.49. The highest BCUT2D eigenvalue weighted by Gasteiger charge is 2.13. The van der Waals surface area contributed by atoms with Gasteiger partial charge in [0.05, 0.1) is 11.3 Å². The Bertz CT molecular complexity index is 689. The summed E-state index contributed by atoms with van der Waals surface area (Å²) in [5, 5.41) is 2.82. The lowest BCUT2D eigenvalue weighted by atomic mass is 10.1. The van der Waals surface area contributed by atoms with Crippen molar-refractivity contribution < 1.29 is 4.79 Å². The molecule has 2 aromatic rings. The number of anilines is 1. The van der Waals surface area contributed by atoms with E-state index in [1.165, 1.54) is 0 Å². The van der Waals surface area contributed by atoms with Gasteiger partial charge in [-0.15, -0.1) is 0 Å². The molecular weight excluding hydrogens is 404 g/mol. The fourth-order valence-electron chi connectivity index (χ4n) is 1.67. The highest BCUT2D eigenvalue weighted by molar-refractivity contribution is 9.11. The highest BCUT2D eigenvalue weighted by atomic mass is 79.9. The molecule has 0 aliphatic carbocycles. The summed E-state index contributed by atoms with van der Waals surface area (Å²) >= 11 is 11.7. The molecule has 0 fully saturated rings. The van der Waals surface area contributed by atoms with E-state index in [0.717, 1.165) is 4.47 Å². The van der Waals surface area contributed by atoms with Crippen molar-refractivity contribution in [2.75, 3.05) is 5.32 Å². The molecule has 0 spiro atoms. The molecule has 6 heteroatoms. The molecule has 0 unspecified atom stereocenters. The quantitative estimate of drug-likeness (QED) is 0.744. The lowest BCUT2D eigenvalue weighted by Crippen LogP contribution is -2.17. The zero-order chi connectivity index (χ0) is 14.7. The van der Waals surface area contributed by atoms with Gasteiger partial charge < -0.3 is 11.1 Å². The van der Waals surface area contributed by atoms with Crippen LogP contribution in [0.3, 0.4) is 0 Å². The Morgan fingerprint density at radius 3 is 2.50 bits per heavy atom. The maximum atomic E-state index is 12.3. The van der Waals surface area contributed by atoms with Crippen LogP contribution in [0.4, 0.5) is 5.69 Å². The zero-order valence-electron chi connectivity index (χ0n) is 10.2. The molecule has 2 rings (SSSR count). The first kappa shape index (κ1) is 15.2. The predicted molar refractivity (Wildman–Crippen MR) is 92.1 cm³/mol. The van der Waals surface area contributed by atoms with Crippen molar-refractivity contribution in [2.24, 2.45) is 5.73 Å². The molecule has 1 amide bonds. The second-order valence-electron chi connectivity index (χ2n) is 3.99. The molecular formula is C14H10Br2N2OS. The van der Waals surface area contributed by atoms with E-state index in [0.29, 0.717) is 21.3 Å². The summed E-state index contributed by atoms with van der Waals surface area (Å²) in [7, 11) is 0. The van der Waals surface area contributed by atoms with Crippen molar-refractivity contribution >= 4 is 60.7 Å². The third kappa shape index (κ3) is 3.45. The van der Waals surface area contributed by atoms with Crippen LogP contribution in [-0.4, -0.2) is 10.9 Å². The molecule has 0 atom stereocenters. The largest absolute Gasteiger partial charge is 0.389 e. The molecule has 0 heterocycles. The number of carbonyl (C=O) groups excluding carboxylic acids is 1. The van der Waals surface area contributed by atoms with Gasteiger partial charge in [0.15, 0.2) is 0 Å². The second-order valence-corrected chi connectivity index (χ2v) is 6.20. The van der Waals surface area contributed by atoms with Crippen molar-refractivity contribution in [3.63, 3.8) is 0 Å². The molecule has 102 valence electrons. The van der Waals surface area contributed by atoms with E-state index >= 15 is 0 Å². The van der Waals surface area contributed by atoms with E-state index in [2.05, 4.69) is 37.2 Å². The van der Waals surface area contributed by atoms with Gasteiger partial charge in [0.2, 0.25) is 0 Å². The molecule has 3 N–H and O–H groups in total. The minimum atomic E-state index is -0.234. The van der Waals surface area contributed by atoms with Gasteiger partial charge in [0, 0.05) is 14.5 Å². The number of hydrogen-bond donors (Lipinski definition) is 2. The van der Waals surface area contributed by atoms with E-state index in [-0.39, 0.29) is 10.9 Å². The fraction of sp³-hybridized carbons (Fsp3) is 0. The van der Waals surface area contributed by atoms with Crippen molar-refractivity contribution in [2.45, 2.75) is 0 Å². The zero-order valence-corrected chi connectivity index (χ0v) is 14.2. The summed E-state index contributed by atoms with van der Waals surface area (Å²) in [5.74, 6) is -0.234. The third-order valence-corrected chi connectivity index (χ3v) is 4.02. The number of nitrogens with one attached hydrogen (secondary N) is 1. The number of amides is 1. The summed E-state index contributed by atoms with van der Waals surface area (Å²) in [6.45, 7) is 0. The van der Waals surface area contributed by atoms with Crippen LogP contribution in [0, 0.1) is 0 Å². The molecule has 2 aromatic carbocycles. The maximum Gasteiger partial charge on any atom is 0.256 e. The molecule has 0 aromatic heterocycles. The molecule has 0 saturated carbocycles. The van der Waals surface area contributed by atoms with Crippen LogP contribution in [0.1, 0.15) is 15.9 Å². The third-order valence-electron chi connectivity index (χ3n) is 2.61. The normalized spacial score (nSPS) is 10.1. The average Bonchev–Trinajstić information content (AvgIpc) is 2.41. The minimum Gasteiger partial charge on any atom is -0.389 e. The van der Waals surface area contributed by atoms with Crippen molar-refractivity contribution in [3.05, 3.63) is 62.5 Å². The second kappa shape index (κ2) is 6.47. The summed E-state index contributed by atoms with van der Waals surface area (Å²) in [6.07, 6.45) is 0. The Labute approximate surface area is 138 Å². The van der Waals surface area contributed by atoms with Gasteiger partial charge in [0.25, 0.3) is 5.91 Å². The van der Waals surface area contributed by atoms with E-state index in [1.54, 1.807) is 24.3 Å². The van der Waals surface area contributed by atoms with Crippen LogP contribution in [0.25, 0.3) is 0 Å². The Kier molecular flexibility index (Phi) is 4.91. The Balaban J connectivity index is 2.33. The van der Waals surface area contributed by atoms with E-state index in [1.807, 2.05) is 18.2 Å². The predicted octanol–water partition coefficient (Wildman–Crippen LogP) is 4.10. The van der Waals surface area contributed by atoms with E-state index in [4.69, 9.17) is 18.0 Å². The van der Waals surface area contributed by atoms with Gasteiger partial charge in [-0.2, -0.15) is 0 Å². The maximum absolute atomic E-state index is 12.3. The lowest BCUT2D eigenvalue weighted by molar-refractivity contribution is 0.102. The van der Waals surface area contributed by atoms with Gasteiger partial charge in [-0.05, 0) is 46.3 Å². The topological polar surface area (TPSA) is 55.1 Å². The van der Waals surface area contributed by atoms with Gasteiger partial charge in [0.1, 0.15) is 4.99 Å². The van der Waals surface area contributed by atoms with Crippen LogP contribution >= 0.6 is 44.1 Å². The Morgan fingerprint density at radius 1 is 1.10 bits per heavy atom. The number of nitrogens with two attached hydrogens (primary N) is 1. The fourth-order valence-corrected chi connectivity index (χ4v) is 2.63. The van der Waals surface area contributed by atoms with Gasteiger partial charge in [-0.3, -0.25) is 4.79 Å². The standard InChI is InChI=1S/C14H10Br2N2OS/c15-8-5-6-11(16)10(7-8)14(19)18-12-4-2-1-3-9(12)13(17)20/h1-7H,(H2,17,20)(H,18,19). The van der Waals surface area contributed by atoms with Crippen LogP contribution in [-0.2, 0) is 0 Å². The van der Waals surface area contributed by atoms with Crippen molar-refractivity contribution in [1.29, 1.82) is 0 Å². The van der Waals surface area contributed by atoms with Gasteiger partial charge >= 0.3 is 0 Å². The lowest BCUT2D eigenvalue weighted by Gasteiger charge is -2.11. The van der Waals surface area contributed by atoms with Gasteiger partial charge in [-0.1, -0.05) is 40.3 Å². The van der Waals surface area contributed by atoms with Gasteiger partial charge in [-0.25, -0.2) is 0 Å². The molecule has 0 bridgehead atoms. The summed E-state index contributed by atoms with van der Waals surface area (Å²) in [5.41, 5.74) is 7.41. The molecule has 20 heavy (non-hydrogen) atoms. The van der Waals surface area contributed by atoms with E-state index < -0.39 is 0 Å². The number of carbonyl (C=O) groups is 1. The number of hydrogen-bond acceptors (Lipinski definition) is 2. The molecule has 0 aliphatic rings. The van der Waals surface area contributed by atoms with Crippen molar-refractivity contribution in [1.82, 2.24) is 0 Å². The first-order valence-corrected chi connectivity index (χ1v) is 7.63. The van der Waals surface area contributed by atoms with Crippen LogP contribution < -0.4 is 11.1 Å². The Morgan fingerprint density at radius 2 is 1.80 bits per heavy atom. The monoisotopic (exact) mass is 412 g/mol. The highest BCUT2D eigenvalue weighted by Crippen LogP contribution is 2.23. The van der Waals surface area contributed by atoms with Crippen LogP contribution in [0.15, 0.2) is 51.4 Å². The number of benzene rings is 2. The van der Waals surface area contributed by atoms with Crippen molar-refractivity contribution in [3.8, 4) is 0 Å². The SMILES string of the molecule is NC(=S)c1ccccc1NC(=O)c1cc(Br)ccc1Br. The number of thiocarbonyl (C=S) groups is 1. The molecule has 0 radical (unpaired) electrons. The minimum absolute atomic E-state index is 0.234. The Hall–Kier alpha value is -1.24. The van der Waals surface area contributed by atoms with Crippen LogP contribution in [0.2, 0.25) is 0 Å². The first-order valence-electron chi connectivity index (χ1n) is 5.64. The summed E-state index contributed by atoms with van der Waals surface area (Å²) in [6, 6.07) is 12.6. The van der Waals surface area contributed by atoms with E-state index in [9.17, 15) is 4.79 Å². The van der Waals surface area contributed by atoms with Crippen LogP contribution in [0.5, 0.6) is 0 Å². The number of halogens is 2. The molecule has 3 nitrogen and oxygen atoms in total. The average molecular weight is 414 g/mol.